The summed E-state index contributed by atoms with van der Waals surface area (Å²) in [5, 5.41) is 7.98. The van der Waals surface area contributed by atoms with Gasteiger partial charge in [0.2, 0.25) is 0 Å². The Labute approximate surface area is 211 Å². The summed E-state index contributed by atoms with van der Waals surface area (Å²) in [6.07, 6.45) is 19.2. The highest BCUT2D eigenvalue weighted by molar-refractivity contribution is 5.91. The third-order valence-electron chi connectivity index (χ3n) is 5.72. The van der Waals surface area contributed by atoms with E-state index in [9.17, 15) is 4.79 Å². The second-order valence-electron chi connectivity index (χ2n) is 8.31. The Bertz CT molecular complexity index is 984. The fourth-order valence-electron chi connectivity index (χ4n) is 3.79. The highest BCUT2D eigenvalue weighted by Gasteiger charge is 2.14. The number of benzene rings is 1. The van der Waals surface area contributed by atoms with Crippen LogP contribution in [-0.2, 0) is 29.0 Å². The van der Waals surface area contributed by atoms with E-state index in [2.05, 4.69) is 79.4 Å². The molecule has 35 heavy (non-hydrogen) atoms. The monoisotopic (exact) mass is 475 g/mol. The predicted molar refractivity (Wildman–Crippen MR) is 147 cm³/mol. The Morgan fingerprint density at radius 3 is 2.26 bits per heavy atom. The number of carbonyl (C=O) groups excluding carboxylic acids is 2. The molecule has 0 aliphatic heterocycles. The van der Waals surface area contributed by atoms with Gasteiger partial charge in [-0.2, -0.15) is 5.10 Å². The molecule has 5 nitrogen and oxygen atoms in total. The molecule has 0 radical (unpaired) electrons. The second kappa shape index (κ2) is 17.2. The van der Waals surface area contributed by atoms with Gasteiger partial charge in [-0.15, -0.1) is 0 Å². The minimum absolute atomic E-state index is 0.0538. The van der Waals surface area contributed by atoms with Crippen LogP contribution in [0.15, 0.2) is 72.9 Å². The average Bonchev–Trinajstić information content (AvgIpc) is 3.03. The van der Waals surface area contributed by atoms with Gasteiger partial charge >= 0.3 is 0 Å². The Balaban J connectivity index is 0.000000395. The van der Waals surface area contributed by atoms with Crippen molar-refractivity contribution in [2.45, 2.75) is 59.5 Å². The smallest absolute Gasteiger partial charge is 0.152 e. The van der Waals surface area contributed by atoms with Crippen molar-refractivity contribution >= 4 is 18.6 Å². The molecule has 1 aromatic carbocycles. The molecule has 3 rings (SSSR count). The lowest BCUT2D eigenvalue weighted by Crippen LogP contribution is -2.27. The van der Waals surface area contributed by atoms with Gasteiger partial charge in [-0.05, 0) is 51.5 Å². The molecule has 1 heterocycles. The van der Waals surface area contributed by atoms with E-state index in [0.29, 0.717) is 12.0 Å². The number of hydrogen-bond donors (Lipinski definition) is 1. The van der Waals surface area contributed by atoms with Crippen LogP contribution in [0.5, 0.6) is 0 Å². The Kier molecular flexibility index (Phi) is 14.6. The van der Waals surface area contributed by atoms with Crippen LogP contribution >= 0.6 is 0 Å². The summed E-state index contributed by atoms with van der Waals surface area (Å²) in [5.41, 5.74) is 4.72. The van der Waals surface area contributed by atoms with Gasteiger partial charge in [-0.3, -0.25) is 9.48 Å². The third kappa shape index (κ3) is 10.2. The van der Waals surface area contributed by atoms with Crippen LogP contribution in [0.3, 0.4) is 0 Å². The molecule has 0 unspecified atom stereocenters. The molecule has 1 aliphatic rings. The van der Waals surface area contributed by atoms with E-state index in [1.165, 1.54) is 16.8 Å². The minimum Gasteiger partial charge on any atom is -0.316 e. The molecule has 188 valence electrons. The first-order valence-corrected chi connectivity index (χ1v) is 12.3. The number of allylic oxidation sites excluding steroid dienone is 5. The van der Waals surface area contributed by atoms with Crippen molar-refractivity contribution in [2.75, 3.05) is 7.05 Å². The van der Waals surface area contributed by atoms with E-state index in [1.54, 1.807) is 13.0 Å². The standard InChI is InChI=1S/C19H24N2O.C10H15N.CH2O/c1-4-9-17-18(13-12-15(3)22)20-21(19(17)5-2)14-16-10-7-6-8-11-16;1-9(11-2)10-7-5-3-4-6-8-10;1-2/h6-8,10-13H,4-5,9,14H2,1-3H3;3-11H,1-2H3;1H2/b13-12+;;/t;9-;/m.0./s1. The predicted octanol–water partition coefficient (Wildman–Crippen LogP) is 5.76. The van der Waals surface area contributed by atoms with Gasteiger partial charge in [0.15, 0.2) is 5.78 Å². The van der Waals surface area contributed by atoms with Gasteiger partial charge in [-0.1, -0.05) is 87.1 Å². The summed E-state index contributed by atoms with van der Waals surface area (Å²) in [6, 6.07) is 10.9. The summed E-state index contributed by atoms with van der Waals surface area (Å²) < 4.78 is 2.08. The first kappa shape index (κ1) is 29.7. The fourth-order valence-corrected chi connectivity index (χ4v) is 3.79. The summed E-state index contributed by atoms with van der Waals surface area (Å²) in [7, 11) is 1.99. The van der Waals surface area contributed by atoms with E-state index < -0.39 is 0 Å². The van der Waals surface area contributed by atoms with Crippen molar-refractivity contribution in [3.63, 3.8) is 0 Å². The lowest BCUT2D eigenvalue weighted by atomic mass is 10.0. The summed E-state index contributed by atoms with van der Waals surface area (Å²) in [5.74, 6) is 0.577. The largest absolute Gasteiger partial charge is 0.316 e. The molecule has 2 aromatic rings. The summed E-state index contributed by atoms with van der Waals surface area (Å²) >= 11 is 0. The molecule has 1 N–H and O–H groups in total. The highest BCUT2D eigenvalue weighted by atomic mass is 16.1. The minimum atomic E-state index is 0.0538. The fraction of sp³-hybridized carbons (Fsp3) is 0.367. The molecule has 5 heteroatoms. The van der Waals surface area contributed by atoms with Crippen LogP contribution in [0.25, 0.3) is 6.08 Å². The van der Waals surface area contributed by atoms with E-state index >= 15 is 0 Å². The first-order chi connectivity index (χ1) is 17.0. The molecular weight excluding hydrogens is 434 g/mol. The maximum atomic E-state index is 11.2. The van der Waals surface area contributed by atoms with E-state index in [4.69, 9.17) is 9.89 Å². The SMILES string of the molecule is C=O.CCCc1c(/C=C/C(C)=O)nn(Cc2ccccc2)c1CC.CN[C@@H](C)C1C=CC=CC=C1. The Morgan fingerprint density at radius 2 is 1.74 bits per heavy atom. The maximum absolute atomic E-state index is 11.2. The van der Waals surface area contributed by atoms with Gasteiger partial charge in [0.05, 0.1) is 12.2 Å². The number of nitrogens with zero attached hydrogens (tertiary/aromatic N) is 2. The third-order valence-corrected chi connectivity index (χ3v) is 5.72. The van der Waals surface area contributed by atoms with Crippen LogP contribution in [0.4, 0.5) is 0 Å². The van der Waals surface area contributed by atoms with E-state index in [0.717, 1.165) is 31.5 Å². The van der Waals surface area contributed by atoms with Crippen LogP contribution in [0.2, 0.25) is 0 Å². The lowest BCUT2D eigenvalue weighted by molar-refractivity contribution is -0.112. The van der Waals surface area contributed by atoms with Crippen molar-refractivity contribution in [3.8, 4) is 0 Å². The molecule has 0 fully saturated rings. The highest BCUT2D eigenvalue weighted by Crippen LogP contribution is 2.20. The second-order valence-corrected chi connectivity index (χ2v) is 8.31. The van der Waals surface area contributed by atoms with Gasteiger partial charge in [-0.25, -0.2) is 0 Å². The van der Waals surface area contributed by atoms with Crippen LogP contribution < -0.4 is 5.32 Å². The van der Waals surface area contributed by atoms with Crippen LogP contribution in [0, 0.1) is 5.92 Å². The Morgan fingerprint density at radius 1 is 1.11 bits per heavy atom. The summed E-state index contributed by atoms with van der Waals surface area (Å²) in [4.78, 5) is 19.2. The van der Waals surface area contributed by atoms with Crippen molar-refractivity contribution in [3.05, 3.63) is 95.4 Å². The van der Waals surface area contributed by atoms with E-state index in [-0.39, 0.29) is 5.78 Å². The molecular formula is C30H41N3O2. The molecule has 1 aromatic heterocycles. The van der Waals surface area contributed by atoms with E-state index in [1.807, 2.05) is 38.1 Å². The zero-order chi connectivity index (χ0) is 26.1. The number of ketones is 1. The van der Waals surface area contributed by atoms with Crippen LogP contribution in [0.1, 0.15) is 56.6 Å². The zero-order valence-electron chi connectivity index (χ0n) is 21.9. The number of rotatable bonds is 9. The quantitative estimate of drug-likeness (QED) is 0.469. The number of aromatic nitrogens is 2. The molecule has 0 saturated carbocycles. The number of nitrogens with one attached hydrogen (secondary N) is 1. The topological polar surface area (TPSA) is 64.0 Å². The molecule has 1 atom stereocenters. The lowest BCUT2D eigenvalue weighted by Gasteiger charge is -2.15. The van der Waals surface area contributed by atoms with Crippen molar-refractivity contribution < 1.29 is 9.59 Å². The number of hydrogen-bond acceptors (Lipinski definition) is 4. The molecule has 0 amide bonds. The van der Waals surface area contributed by atoms with Crippen molar-refractivity contribution in [1.82, 2.24) is 15.1 Å². The average molecular weight is 476 g/mol. The molecule has 0 spiro atoms. The zero-order valence-corrected chi connectivity index (χ0v) is 21.9. The van der Waals surface area contributed by atoms with Gasteiger partial charge in [0.25, 0.3) is 0 Å². The van der Waals surface area contributed by atoms with Crippen molar-refractivity contribution in [1.29, 1.82) is 0 Å². The van der Waals surface area contributed by atoms with Crippen LogP contribution in [-0.4, -0.2) is 35.4 Å². The molecule has 0 saturated heterocycles. The summed E-state index contributed by atoms with van der Waals surface area (Å²) in [6.45, 7) is 10.9. The van der Waals surface area contributed by atoms with Gasteiger partial charge in [0.1, 0.15) is 6.79 Å². The normalized spacial score (nSPS) is 13.5. The van der Waals surface area contributed by atoms with Gasteiger partial charge < -0.3 is 10.1 Å². The van der Waals surface area contributed by atoms with Gasteiger partial charge in [0, 0.05) is 23.2 Å². The maximum Gasteiger partial charge on any atom is 0.152 e. The van der Waals surface area contributed by atoms with Crippen molar-refractivity contribution in [2.24, 2.45) is 5.92 Å². The number of carbonyl (C=O) groups is 2. The molecule has 1 aliphatic carbocycles. The molecule has 0 bridgehead atoms. The Hall–Kier alpha value is -3.31. The first-order valence-electron chi connectivity index (χ1n) is 12.3.